The Morgan fingerprint density at radius 3 is 2.70 bits per heavy atom. The smallest absolute Gasteiger partial charge is 0.231 e. The van der Waals surface area contributed by atoms with Crippen LogP contribution >= 0.6 is 23.1 Å². The summed E-state index contributed by atoms with van der Waals surface area (Å²) in [6, 6.07) is 17.5. The van der Waals surface area contributed by atoms with Crippen LogP contribution in [0.2, 0.25) is 0 Å². The first-order valence-electron chi connectivity index (χ1n) is 9.17. The molecule has 2 aromatic carbocycles. The summed E-state index contributed by atoms with van der Waals surface area (Å²) in [5.41, 5.74) is 2.72. The zero-order valence-electron chi connectivity index (χ0n) is 16.0. The van der Waals surface area contributed by atoms with Crippen molar-refractivity contribution in [2.45, 2.75) is 18.1 Å². The van der Waals surface area contributed by atoms with Crippen molar-refractivity contribution in [1.29, 1.82) is 0 Å². The van der Waals surface area contributed by atoms with Crippen molar-refractivity contribution < 1.29 is 9.18 Å². The normalized spacial score (nSPS) is 11.9. The maximum absolute atomic E-state index is 13.3. The lowest BCUT2D eigenvalue weighted by Crippen LogP contribution is -2.30. The van der Waals surface area contributed by atoms with Gasteiger partial charge in [0, 0.05) is 4.88 Å². The van der Waals surface area contributed by atoms with Gasteiger partial charge in [0.25, 0.3) is 0 Å². The molecule has 1 amide bonds. The number of carbonyl (C=O) groups excluding carboxylic acids is 1. The molecule has 1 unspecified atom stereocenters. The number of halogens is 1. The number of tetrazole rings is 1. The Balaban J connectivity index is 1.47. The summed E-state index contributed by atoms with van der Waals surface area (Å²) in [5.74, 6) is -0.328. The molecule has 0 saturated heterocycles. The second kappa shape index (κ2) is 9.19. The largest absolute Gasteiger partial charge is 0.344 e. The van der Waals surface area contributed by atoms with Gasteiger partial charge in [-0.2, -0.15) is 4.68 Å². The first-order valence-corrected chi connectivity index (χ1v) is 11.0. The van der Waals surface area contributed by atoms with Crippen LogP contribution in [0.5, 0.6) is 0 Å². The molecule has 0 aliphatic heterocycles. The van der Waals surface area contributed by atoms with Gasteiger partial charge in [0.15, 0.2) is 0 Å². The molecule has 2 heterocycles. The minimum Gasteiger partial charge on any atom is -0.344 e. The maximum Gasteiger partial charge on any atom is 0.231 e. The van der Waals surface area contributed by atoms with E-state index in [1.54, 1.807) is 16.8 Å². The SMILES string of the molecule is Cc1ccccc1-n1nnnc1SCC(=O)NC(c1ccc(F)cc1)c1cccs1. The lowest BCUT2D eigenvalue weighted by Gasteiger charge is -2.18. The quantitative estimate of drug-likeness (QED) is 0.438. The summed E-state index contributed by atoms with van der Waals surface area (Å²) < 4.78 is 15.0. The van der Waals surface area contributed by atoms with E-state index in [0.717, 1.165) is 21.7 Å². The van der Waals surface area contributed by atoms with E-state index in [2.05, 4.69) is 20.8 Å². The van der Waals surface area contributed by atoms with Crippen molar-refractivity contribution in [3.05, 3.63) is 87.9 Å². The van der Waals surface area contributed by atoms with E-state index in [1.165, 1.54) is 35.2 Å². The van der Waals surface area contributed by atoms with E-state index in [0.29, 0.717) is 5.16 Å². The Labute approximate surface area is 181 Å². The lowest BCUT2D eigenvalue weighted by molar-refractivity contribution is -0.119. The number of rotatable bonds is 7. The van der Waals surface area contributed by atoms with Crippen LogP contribution in [0.1, 0.15) is 22.0 Å². The summed E-state index contributed by atoms with van der Waals surface area (Å²) in [6.45, 7) is 1.98. The van der Waals surface area contributed by atoms with Gasteiger partial charge in [0.2, 0.25) is 11.1 Å². The van der Waals surface area contributed by atoms with Crippen molar-refractivity contribution in [2.75, 3.05) is 5.75 Å². The van der Waals surface area contributed by atoms with Crippen LogP contribution in [-0.2, 0) is 4.79 Å². The highest BCUT2D eigenvalue weighted by atomic mass is 32.2. The third-order valence-corrected chi connectivity index (χ3v) is 6.31. The van der Waals surface area contributed by atoms with Crippen LogP contribution < -0.4 is 5.32 Å². The highest BCUT2D eigenvalue weighted by Crippen LogP contribution is 2.27. The van der Waals surface area contributed by atoms with Gasteiger partial charge in [-0.05, 0) is 58.1 Å². The molecule has 0 saturated carbocycles. The van der Waals surface area contributed by atoms with Gasteiger partial charge in [0.05, 0.1) is 17.5 Å². The summed E-state index contributed by atoms with van der Waals surface area (Å²) in [6.07, 6.45) is 0. The topological polar surface area (TPSA) is 72.7 Å². The average molecular weight is 440 g/mol. The van der Waals surface area contributed by atoms with Crippen molar-refractivity contribution in [3.8, 4) is 5.69 Å². The molecule has 2 aromatic heterocycles. The number of hydrogen-bond acceptors (Lipinski definition) is 6. The Morgan fingerprint density at radius 1 is 1.17 bits per heavy atom. The molecule has 4 aromatic rings. The van der Waals surface area contributed by atoms with Crippen LogP contribution in [0.4, 0.5) is 4.39 Å². The Bertz CT molecular complexity index is 1130. The number of carbonyl (C=O) groups is 1. The molecule has 0 spiro atoms. The van der Waals surface area contributed by atoms with E-state index in [4.69, 9.17) is 0 Å². The van der Waals surface area contributed by atoms with Crippen LogP contribution in [0.25, 0.3) is 5.69 Å². The van der Waals surface area contributed by atoms with Crippen molar-refractivity contribution >= 4 is 29.0 Å². The number of aryl methyl sites for hydroxylation is 1. The minimum absolute atomic E-state index is 0.148. The molecule has 1 atom stereocenters. The predicted octanol–water partition coefficient (Wildman–Crippen LogP) is 4.17. The molecule has 9 heteroatoms. The highest BCUT2D eigenvalue weighted by Gasteiger charge is 2.19. The summed E-state index contributed by atoms with van der Waals surface area (Å²) in [7, 11) is 0. The molecular weight excluding hydrogens is 421 g/mol. The fourth-order valence-corrected chi connectivity index (χ4v) is 4.48. The predicted molar refractivity (Wildman–Crippen MR) is 115 cm³/mol. The van der Waals surface area contributed by atoms with Gasteiger partial charge in [-0.1, -0.05) is 48.2 Å². The summed E-state index contributed by atoms with van der Waals surface area (Å²) in [4.78, 5) is 13.7. The van der Waals surface area contributed by atoms with Crippen molar-refractivity contribution in [3.63, 3.8) is 0 Å². The first kappa shape index (κ1) is 20.2. The number of thioether (sulfide) groups is 1. The van der Waals surface area contributed by atoms with Crippen LogP contribution in [0.3, 0.4) is 0 Å². The fourth-order valence-electron chi connectivity index (χ4n) is 2.98. The van der Waals surface area contributed by atoms with E-state index >= 15 is 0 Å². The van der Waals surface area contributed by atoms with Gasteiger partial charge in [-0.3, -0.25) is 4.79 Å². The van der Waals surface area contributed by atoms with Crippen LogP contribution in [0.15, 0.2) is 71.2 Å². The lowest BCUT2D eigenvalue weighted by atomic mass is 10.1. The molecule has 6 nitrogen and oxygen atoms in total. The van der Waals surface area contributed by atoms with Gasteiger partial charge in [0.1, 0.15) is 5.82 Å². The summed E-state index contributed by atoms with van der Waals surface area (Å²) >= 11 is 2.80. The van der Waals surface area contributed by atoms with Crippen LogP contribution in [-0.4, -0.2) is 31.9 Å². The molecule has 0 radical (unpaired) electrons. The first-order chi connectivity index (χ1) is 14.6. The zero-order chi connectivity index (χ0) is 20.9. The summed E-state index contributed by atoms with van der Waals surface area (Å²) in [5, 5.41) is 17.4. The van der Waals surface area contributed by atoms with E-state index in [9.17, 15) is 9.18 Å². The molecule has 1 N–H and O–H groups in total. The molecule has 0 bridgehead atoms. The minimum atomic E-state index is -0.342. The van der Waals surface area contributed by atoms with Gasteiger partial charge in [-0.25, -0.2) is 4.39 Å². The number of thiophene rings is 1. The third-order valence-electron chi connectivity index (χ3n) is 4.45. The van der Waals surface area contributed by atoms with Crippen molar-refractivity contribution in [2.24, 2.45) is 0 Å². The monoisotopic (exact) mass is 439 g/mol. The molecule has 0 fully saturated rings. The van der Waals surface area contributed by atoms with Gasteiger partial charge < -0.3 is 5.32 Å². The molecular formula is C21H18FN5OS2. The van der Waals surface area contributed by atoms with Gasteiger partial charge in [-0.15, -0.1) is 16.4 Å². The fraction of sp³-hybridized carbons (Fsp3) is 0.143. The number of para-hydroxylation sites is 1. The molecule has 152 valence electrons. The Morgan fingerprint density at radius 2 is 1.97 bits per heavy atom. The number of benzene rings is 2. The standard InChI is InChI=1S/C21H18FN5OS2/c1-14-5-2-3-6-17(14)27-21(24-25-26-27)30-13-19(28)23-20(18-7-4-12-29-18)15-8-10-16(22)11-9-15/h2-12,20H,13H2,1H3,(H,23,28). The van der Waals surface area contributed by atoms with Crippen LogP contribution in [0, 0.1) is 12.7 Å². The second-order valence-corrected chi connectivity index (χ2v) is 8.44. The second-order valence-electron chi connectivity index (χ2n) is 6.52. The number of hydrogen-bond donors (Lipinski definition) is 1. The van der Waals surface area contributed by atoms with Crippen molar-refractivity contribution in [1.82, 2.24) is 25.5 Å². The Hall–Kier alpha value is -3.04. The van der Waals surface area contributed by atoms with E-state index in [1.807, 2.05) is 48.7 Å². The number of amides is 1. The average Bonchev–Trinajstić information content (AvgIpc) is 3.44. The maximum atomic E-state index is 13.3. The number of nitrogens with one attached hydrogen (secondary N) is 1. The zero-order valence-corrected chi connectivity index (χ0v) is 17.7. The van der Waals surface area contributed by atoms with Gasteiger partial charge >= 0.3 is 0 Å². The molecule has 0 aliphatic carbocycles. The molecule has 30 heavy (non-hydrogen) atoms. The molecule has 0 aliphatic rings. The van der Waals surface area contributed by atoms with E-state index < -0.39 is 0 Å². The highest BCUT2D eigenvalue weighted by molar-refractivity contribution is 7.99. The number of nitrogens with zero attached hydrogens (tertiary/aromatic N) is 4. The third kappa shape index (κ3) is 4.58. The van der Waals surface area contributed by atoms with E-state index in [-0.39, 0.29) is 23.5 Å². The molecule has 4 rings (SSSR count). The number of aromatic nitrogens is 4. The Kier molecular flexibility index (Phi) is 6.20.